The molecule has 0 spiro atoms. The molecule has 0 aromatic rings. The van der Waals surface area contributed by atoms with Gasteiger partial charge in [0.05, 0.1) is 12.2 Å². The summed E-state index contributed by atoms with van der Waals surface area (Å²) in [4.78, 5) is 0. The van der Waals surface area contributed by atoms with Crippen LogP contribution in [0.5, 0.6) is 0 Å². The van der Waals surface area contributed by atoms with Crippen LogP contribution in [0.25, 0.3) is 0 Å². The molecule has 0 fully saturated rings. The third-order valence-corrected chi connectivity index (χ3v) is 8.27. The van der Waals surface area contributed by atoms with Crippen molar-refractivity contribution in [1.29, 1.82) is 0 Å². The van der Waals surface area contributed by atoms with Gasteiger partial charge in [-0.1, -0.05) is 65.3 Å². The Bertz CT molecular complexity index is 313. The van der Waals surface area contributed by atoms with E-state index in [0.717, 1.165) is 12.8 Å². The van der Waals surface area contributed by atoms with Crippen LogP contribution < -0.4 is 0 Å². The van der Waals surface area contributed by atoms with Crippen LogP contribution >= 0.6 is 0 Å². The number of allylic oxidation sites excluding steroid dienone is 1. The monoisotopic (exact) mass is 282 g/mol. The summed E-state index contributed by atoms with van der Waals surface area (Å²) in [5.74, 6) is 0. The van der Waals surface area contributed by atoms with Crippen molar-refractivity contribution in [3.8, 4) is 0 Å². The third-order valence-electron chi connectivity index (χ3n) is 3.74. The standard InChI is InChI=1S/C16H30O2Si/c1-7-9-15-11-12-16(10-8-2)18-19(17-15,13(3)4)14(5)6/h7,9,11-16H,8,10H2,1-6H3/b9-7+/t15-,16-/m0/s1. The molecular weight excluding hydrogens is 252 g/mol. The normalized spacial score (nSPS) is 27.4. The van der Waals surface area contributed by atoms with Crippen LogP contribution in [0, 0.1) is 0 Å². The van der Waals surface area contributed by atoms with Crippen molar-refractivity contribution < 1.29 is 8.85 Å². The first-order chi connectivity index (χ1) is 8.96. The largest absolute Gasteiger partial charge is 0.387 e. The van der Waals surface area contributed by atoms with Crippen LogP contribution in [0.15, 0.2) is 24.3 Å². The van der Waals surface area contributed by atoms with Gasteiger partial charge in [0.15, 0.2) is 0 Å². The molecule has 110 valence electrons. The maximum Gasteiger partial charge on any atom is 0.344 e. The summed E-state index contributed by atoms with van der Waals surface area (Å²) in [6.07, 6.45) is 11.1. The molecule has 0 aromatic carbocycles. The van der Waals surface area contributed by atoms with E-state index in [1.54, 1.807) is 0 Å². The second kappa shape index (κ2) is 7.41. The quantitative estimate of drug-likeness (QED) is 0.524. The van der Waals surface area contributed by atoms with E-state index in [1.165, 1.54) is 0 Å². The molecule has 0 radical (unpaired) electrons. The zero-order chi connectivity index (χ0) is 14.5. The first-order valence-electron chi connectivity index (χ1n) is 7.63. The molecule has 2 nitrogen and oxygen atoms in total. The first-order valence-corrected chi connectivity index (χ1v) is 9.60. The number of hydrogen-bond donors (Lipinski definition) is 0. The molecule has 0 saturated heterocycles. The van der Waals surface area contributed by atoms with Crippen molar-refractivity contribution in [2.24, 2.45) is 0 Å². The highest BCUT2D eigenvalue weighted by molar-refractivity contribution is 6.70. The van der Waals surface area contributed by atoms with Gasteiger partial charge < -0.3 is 8.85 Å². The summed E-state index contributed by atoms with van der Waals surface area (Å²) in [5, 5.41) is 0. The predicted octanol–water partition coefficient (Wildman–Crippen LogP) is 4.97. The van der Waals surface area contributed by atoms with E-state index >= 15 is 0 Å². The third kappa shape index (κ3) is 4.04. The molecule has 1 rings (SSSR count). The second-order valence-electron chi connectivity index (χ2n) is 5.97. The summed E-state index contributed by atoms with van der Waals surface area (Å²) in [5.41, 5.74) is 0.916. The SMILES string of the molecule is C/C=C/[C@H]1C=C[C@H](CCC)O[Si](C(C)C)(C(C)C)O1. The Balaban J connectivity index is 3.07. The Kier molecular flexibility index (Phi) is 6.50. The molecule has 2 atom stereocenters. The van der Waals surface area contributed by atoms with Gasteiger partial charge in [0, 0.05) is 0 Å². The maximum atomic E-state index is 6.53. The fourth-order valence-corrected chi connectivity index (χ4v) is 6.46. The summed E-state index contributed by atoms with van der Waals surface area (Å²) >= 11 is 0. The van der Waals surface area contributed by atoms with E-state index in [9.17, 15) is 0 Å². The van der Waals surface area contributed by atoms with E-state index in [1.807, 2.05) is 6.92 Å². The van der Waals surface area contributed by atoms with Gasteiger partial charge in [0.1, 0.15) is 0 Å². The second-order valence-corrected chi connectivity index (χ2v) is 10.2. The Morgan fingerprint density at radius 2 is 1.74 bits per heavy atom. The molecule has 1 aliphatic heterocycles. The fourth-order valence-electron chi connectivity index (χ4n) is 2.73. The molecule has 3 heteroatoms. The minimum absolute atomic E-state index is 0.0725. The zero-order valence-electron chi connectivity index (χ0n) is 13.3. The zero-order valence-corrected chi connectivity index (χ0v) is 14.3. The van der Waals surface area contributed by atoms with Crippen molar-refractivity contribution in [1.82, 2.24) is 0 Å². The Morgan fingerprint density at radius 1 is 1.11 bits per heavy atom. The van der Waals surface area contributed by atoms with Crippen LogP contribution in [-0.4, -0.2) is 20.8 Å². The van der Waals surface area contributed by atoms with E-state index in [0.29, 0.717) is 11.1 Å². The van der Waals surface area contributed by atoms with E-state index < -0.39 is 8.56 Å². The molecule has 19 heavy (non-hydrogen) atoms. The van der Waals surface area contributed by atoms with Crippen molar-refractivity contribution in [3.63, 3.8) is 0 Å². The van der Waals surface area contributed by atoms with E-state index in [4.69, 9.17) is 8.85 Å². The molecule has 0 bridgehead atoms. The molecule has 0 N–H and O–H groups in total. The lowest BCUT2D eigenvalue weighted by Gasteiger charge is -2.39. The van der Waals surface area contributed by atoms with Crippen molar-refractivity contribution in [2.75, 3.05) is 0 Å². The van der Waals surface area contributed by atoms with Gasteiger partial charge >= 0.3 is 8.56 Å². The lowest BCUT2D eigenvalue weighted by atomic mass is 10.2. The lowest BCUT2D eigenvalue weighted by Crippen LogP contribution is -2.51. The van der Waals surface area contributed by atoms with Crippen LogP contribution in [-0.2, 0) is 8.85 Å². The molecule has 0 aromatic heterocycles. The molecule has 0 aliphatic carbocycles. The molecule has 0 saturated carbocycles. The van der Waals surface area contributed by atoms with Crippen molar-refractivity contribution in [2.45, 2.75) is 77.7 Å². The van der Waals surface area contributed by atoms with Crippen LogP contribution in [0.2, 0.25) is 11.1 Å². The van der Waals surface area contributed by atoms with Gasteiger partial charge in [0.2, 0.25) is 0 Å². The minimum Gasteiger partial charge on any atom is -0.387 e. The van der Waals surface area contributed by atoms with Gasteiger partial charge in [-0.3, -0.25) is 0 Å². The Hall–Kier alpha value is -0.383. The highest BCUT2D eigenvalue weighted by atomic mass is 28.4. The van der Waals surface area contributed by atoms with Crippen LogP contribution in [0.1, 0.15) is 54.4 Å². The summed E-state index contributed by atoms with van der Waals surface area (Å²) in [6.45, 7) is 13.2. The minimum atomic E-state index is -2.20. The molecular formula is C16H30O2Si. The summed E-state index contributed by atoms with van der Waals surface area (Å²) in [7, 11) is -2.20. The van der Waals surface area contributed by atoms with Gasteiger partial charge in [0.25, 0.3) is 0 Å². The van der Waals surface area contributed by atoms with Gasteiger partial charge in [-0.25, -0.2) is 0 Å². The fraction of sp³-hybridized carbons (Fsp3) is 0.750. The van der Waals surface area contributed by atoms with Gasteiger partial charge in [-0.2, -0.15) is 0 Å². The first kappa shape index (κ1) is 16.7. The summed E-state index contributed by atoms with van der Waals surface area (Å²) < 4.78 is 13.0. The Labute approximate surface area is 120 Å². The highest BCUT2D eigenvalue weighted by Gasteiger charge is 2.48. The van der Waals surface area contributed by atoms with E-state index in [2.05, 4.69) is 58.9 Å². The van der Waals surface area contributed by atoms with Crippen LogP contribution in [0.3, 0.4) is 0 Å². The average molecular weight is 282 g/mol. The molecule has 1 heterocycles. The lowest BCUT2D eigenvalue weighted by molar-refractivity contribution is 0.121. The molecule has 0 amide bonds. The number of rotatable bonds is 5. The Morgan fingerprint density at radius 3 is 2.21 bits per heavy atom. The average Bonchev–Trinajstić information content (AvgIpc) is 2.51. The smallest absolute Gasteiger partial charge is 0.344 e. The number of hydrogen-bond acceptors (Lipinski definition) is 2. The van der Waals surface area contributed by atoms with Gasteiger partial charge in [-0.15, -0.1) is 0 Å². The highest BCUT2D eigenvalue weighted by Crippen LogP contribution is 2.38. The maximum absolute atomic E-state index is 6.53. The predicted molar refractivity (Wildman–Crippen MR) is 84.6 cm³/mol. The van der Waals surface area contributed by atoms with Crippen molar-refractivity contribution in [3.05, 3.63) is 24.3 Å². The van der Waals surface area contributed by atoms with E-state index in [-0.39, 0.29) is 12.2 Å². The molecule has 0 unspecified atom stereocenters. The summed E-state index contributed by atoms with van der Waals surface area (Å²) in [6, 6.07) is 0. The van der Waals surface area contributed by atoms with Crippen molar-refractivity contribution >= 4 is 8.56 Å². The van der Waals surface area contributed by atoms with Gasteiger partial charge in [-0.05, 0) is 24.4 Å². The molecule has 1 aliphatic rings. The van der Waals surface area contributed by atoms with Crippen LogP contribution in [0.4, 0.5) is 0 Å². The topological polar surface area (TPSA) is 18.5 Å².